The molecule has 5 nitrogen and oxygen atoms in total. The van der Waals surface area contributed by atoms with E-state index in [4.69, 9.17) is 9.47 Å². The largest absolute Gasteiger partial charge is 0.508 e. The first-order chi connectivity index (χ1) is 11.0. The monoisotopic (exact) mass is 428 g/mol. The predicted octanol–water partition coefficient (Wildman–Crippen LogP) is 3.46. The first-order valence-electron chi connectivity index (χ1n) is 7.22. The number of fused-ring (bicyclic) bond motifs is 1. The number of phenolic OH excluding ortho intramolecular Hbond substituents is 1. The third-order valence-corrected chi connectivity index (χ3v) is 4.62. The highest BCUT2D eigenvalue weighted by atomic mass is 127. The Labute approximate surface area is 147 Å². The van der Waals surface area contributed by atoms with Crippen molar-refractivity contribution in [1.29, 1.82) is 0 Å². The average Bonchev–Trinajstić information content (AvgIpc) is 2.56. The molecule has 0 radical (unpaired) electrons. The Morgan fingerprint density at radius 2 is 1.74 bits per heavy atom. The zero-order valence-electron chi connectivity index (χ0n) is 12.6. The topological polar surface area (TPSA) is 72.8 Å². The zero-order valence-corrected chi connectivity index (χ0v) is 14.8. The number of halogens is 1. The van der Waals surface area contributed by atoms with Crippen LogP contribution in [0.3, 0.4) is 0 Å². The van der Waals surface area contributed by atoms with E-state index >= 15 is 0 Å². The number of carbonyl (C=O) groups excluding carboxylic acids is 2. The molecule has 0 saturated carbocycles. The highest BCUT2D eigenvalue weighted by molar-refractivity contribution is 14.1. The maximum atomic E-state index is 12.0. The van der Waals surface area contributed by atoms with Gasteiger partial charge in [0.05, 0.1) is 5.56 Å². The number of hydrogen-bond donors (Lipinski definition) is 1. The molecular weight excluding hydrogens is 411 g/mol. The molecule has 0 aliphatic rings. The second kappa shape index (κ2) is 8.14. The molecule has 0 spiro atoms. The quantitative estimate of drug-likeness (QED) is 0.330. The third-order valence-electron chi connectivity index (χ3n) is 3.23. The van der Waals surface area contributed by atoms with Gasteiger partial charge in [-0.05, 0) is 41.5 Å². The number of phenols is 1. The maximum absolute atomic E-state index is 12.0. The summed E-state index contributed by atoms with van der Waals surface area (Å²) in [5.41, 5.74) is 0.412. The van der Waals surface area contributed by atoms with Crippen molar-refractivity contribution < 1.29 is 24.2 Å². The van der Waals surface area contributed by atoms with Gasteiger partial charge in [0.25, 0.3) is 0 Å². The van der Waals surface area contributed by atoms with Gasteiger partial charge in [0.2, 0.25) is 0 Å². The van der Waals surface area contributed by atoms with E-state index in [0.717, 1.165) is 10.8 Å². The number of hydrogen-bond acceptors (Lipinski definition) is 5. The predicted molar refractivity (Wildman–Crippen MR) is 95.0 cm³/mol. The molecule has 0 aromatic heterocycles. The zero-order chi connectivity index (χ0) is 16.8. The molecule has 122 valence electrons. The molecule has 0 heterocycles. The first kappa shape index (κ1) is 17.5. The fraction of sp³-hybridized carbons (Fsp3) is 0.294. The van der Waals surface area contributed by atoms with Crippen LogP contribution in [0.5, 0.6) is 5.75 Å². The molecular formula is C17H17IO5. The second-order valence-corrected chi connectivity index (χ2v) is 6.43. The molecule has 2 rings (SSSR count). The van der Waals surface area contributed by atoms with Gasteiger partial charge in [0, 0.05) is 0 Å². The molecule has 2 aromatic rings. The van der Waals surface area contributed by atoms with E-state index in [-0.39, 0.29) is 28.9 Å². The van der Waals surface area contributed by atoms with Crippen LogP contribution in [0.25, 0.3) is 10.8 Å². The van der Waals surface area contributed by atoms with E-state index in [0.29, 0.717) is 12.0 Å². The molecule has 1 unspecified atom stereocenters. The number of rotatable bonds is 6. The lowest BCUT2D eigenvalue weighted by Gasteiger charge is -2.09. The van der Waals surface area contributed by atoms with E-state index in [1.807, 2.05) is 29.5 Å². The van der Waals surface area contributed by atoms with Crippen molar-refractivity contribution in [3.8, 4) is 5.75 Å². The molecule has 0 fully saturated rings. The minimum absolute atomic E-state index is 0.0191. The summed E-state index contributed by atoms with van der Waals surface area (Å²) in [7, 11) is 0. The Kier molecular flexibility index (Phi) is 6.20. The molecule has 23 heavy (non-hydrogen) atoms. The lowest BCUT2D eigenvalue weighted by atomic mass is 10.1. The summed E-state index contributed by atoms with van der Waals surface area (Å²) in [5.74, 6) is -0.595. The van der Waals surface area contributed by atoms with Gasteiger partial charge in [-0.15, -0.1) is 0 Å². The Hall–Kier alpha value is -1.83. The first-order valence-corrected chi connectivity index (χ1v) is 8.46. The van der Waals surface area contributed by atoms with E-state index in [2.05, 4.69) is 0 Å². The minimum atomic E-state index is -0.475. The maximum Gasteiger partial charge on any atom is 0.338 e. The summed E-state index contributed by atoms with van der Waals surface area (Å²) >= 11 is 2.02. The third kappa shape index (κ3) is 4.82. The Bertz CT molecular complexity index is 713. The fourth-order valence-corrected chi connectivity index (χ4v) is 2.16. The van der Waals surface area contributed by atoms with Crippen molar-refractivity contribution >= 4 is 45.3 Å². The molecule has 0 aliphatic heterocycles. The smallest absolute Gasteiger partial charge is 0.338 e. The van der Waals surface area contributed by atoms with Crippen LogP contribution >= 0.6 is 22.6 Å². The van der Waals surface area contributed by atoms with Crippen molar-refractivity contribution in [1.82, 2.24) is 0 Å². The van der Waals surface area contributed by atoms with Crippen LogP contribution in [0, 0.1) is 0 Å². The summed E-state index contributed by atoms with van der Waals surface area (Å²) in [6, 6.07) is 9.99. The van der Waals surface area contributed by atoms with E-state index in [1.165, 1.54) is 0 Å². The van der Waals surface area contributed by atoms with Crippen LogP contribution < -0.4 is 0 Å². The van der Waals surface area contributed by atoms with Crippen LogP contribution in [-0.4, -0.2) is 34.2 Å². The highest BCUT2D eigenvalue weighted by Crippen LogP contribution is 2.21. The standard InChI is InChI=1S/C17H17IO5/c1-2-15(18)17(21)23-8-7-22-16(20)13-4-3-12-10-14(19)6-5-11(12)9-13/h3-6,9-10,15,19H,2,7-8H2,1H3. The van der Waals surface area contributed by atoms with Gasteiger partial charge in [-0.25, -0.2) is 4.79 Å². The Morgan fingerprint density at radius 1 is 1.09 bits per heavy atom. The number of alkyl halides is 1. The Balaban J connectivity index is 1.88. The summed E-state index contributed by atoms with van der Waals surface area (Å²) in [6.07, 6.45) is 0.700. The van der Waals surface area contributed by atoms with E-state index in [1.54, 1.807) is 36.4 Å². The van der Waals surface area contributed by atoms with Crippen LogP contribution in [0.1, 0.15) is 23.7 Å². The van der Waals surface area contributed by atoms with Gasteiger partial charge < -0.3 is 14.6 Å². The molecule has 1 N–H and O–H groups in total. The molecule has 1 atom stereocenters. The van der Waals surface area contributed by atoms with Gasteiger partial charge in [0.15, 0.2) is 0 Å². The van der Waals surface area contributed by atoms with Crippen molar-refractivity contribution in [3.63, 3.8) is 0 Å². The van der Waals surface area contributed by atoms with Gasteiger partial charge in [-0.2, -0.15) is 0 Å². The summed E-state index contributed by atoms with van der Waals surface area (Å²) < 4.78 is 9.93. The summed E-state index contributed by atoms with van der Waals surface area (Å²) in [6.45, 7) is 1.97. The molecule has 0 bridgehead atoms. The van der Waals surface area contributed by atoms with Crippen molar-refractivity contribution in [2.45, 2.75) is 17.3 Å². The minimum Gasteiger partial charge on any atom is -0.508 e. The number of carbonyl (C=O) groups is 2. The Morgan fingerprint density at radius 3 is 2.48 bits per heavy atom. The average molecular weight is 428 g/mol. The van der Waals surface area contributed by atoms with Crippen LogP contribution in [-0.2, 0) is 14.3 Å². The number of aromatic hydroxyl groups is 1. The SMILES string of the molecule is CCC(I)C(=O)OCCOC(=O)c1ccc2cc(O)ccc2c1. The van der Waals surface area contributed by atoms with Crippen molar-refractivity contribution in [2.24, 2.45) is 0 Å². The molecule has 0 amide bonds. The second-order valence-electron chi connectivity index (χ2n) is 4.93. The lowest BCUT2D eigenvalue weighted by molar-refractivity contribution is -0.143. The number of esters is 2. The summed E-state index contributed by atoms with van der Waals surface area (Å²) in [4.78, 5) is 23.4. The van der Waals surface area contributed by atoms with E-state index < -0.39 is 5.97 Å². The molecule has 2 aromatic carbocycles. The fourth-order valence-electron chi connectivity index (χ4n) is 1.98. The number of ether oxygens (including phenoxy) is 2. The highest BCUT2D eigenvalue weighted by Gasteiger charge is 2.14. The van der Waals surface area contributed by atoms with Crippen LogP contribution in [0.4, 0.5) is 0 Å². The van der Waals surface area contributed by atoms with Crippen LogP contribution in [0.15, 0.2) is 36.4 Å². The lowest BCUT2D eigenvalue weighted by Crippen LogP contribution is -2.20. The van der Waals surface area contributed by atoms with Gasteiger partial charge in [0.1, 0.15) is 22.9 Å². The van der Waals surface area contributed by atoms with Gasteiger partial charge in [-0.3, -0.25) is 4.79 Å². The number of benzene rings is 2. The molecule has 0 saturated heterocycles. The van der Waals surface area contributed by atoms with Crippen molar-refractivity contribution in [2.75, 3.05) is 13.2 Å². The van der Waals surface area contributed by atoms with E-state index in [9.17, 15) is 14.7 Å². The molecule has 6 heteroatoms. The normalized spacial score (nSPS) is 11.9. The van der Waals surface area contributed by atoms with Crippen LogP contribution in [0.2, 0.25) is 0 Å². The molecule has 0 aliphatic carbocycles. The van der Waals surface area contributed by atoms with Gasteiger partial charge >= 0.3 is 11.9 Å². The summed E-state index contributed by atoms with van der Waals surface area (Å²) in [5, 5.41) is 11.1. The van der Waals surface area contributed by atoms with Gasteiger partial charge in [-0.1, -0.05) is 41.6 Å². The van der Waals surface area contributed by atoms with Crippen molar-refractivity contribution in [3.05, 3.63) is 42.0 Å².